The smallest absolute Gasteiger partial charge is 0.220 e. The normalized spacial score (nSPS) is 17.4. The molecule has 188 valence electrons. The highest BCUT2D eigenvalue weighted by Gasteiger charge is 2.36. The number of hydrogen-bond donors (Lipinski definition) is 1. The number of carbonyl (C=O) groups is 1. The average molecular weight is 501 g/mol. The summed E-state index contributed by atoms with van der Waals surface area (Å²) in [6.07, 6.45) is 9.85. The third-order valence-corrected chi connectivity index (χ3v) is 8.52. The summed E-state index contributed by atoms with van der Waals surface area (Å²) in [4.78, 5) is 15.0. The van der Waals surface area contributed by atoms with Gasteiger partial charge in [0.25, 0.3) is 0 Å². The number of halogens is 1. The summed E-state index contributed by atoms with van der Waals surface area (Å²) in [5, 5.41) is 3.80. The molecule has 1 N–H and O–H groups in total. The topological polar surface area (TPSA) is 32.3 Å². The molecule has 5 rings (SSSR count). The van der Waals surface area contributed by atoms with Gasteiger partial charge in [-0.25, -0.2) is 0 Å². The predicted octanol–water partition coefficient (Wildman–Crippen LogP) is 7.41. The average Bonchev–Trinajstić information content (AvgIpc) is 3.37. The van der Waals surface area contributed by atoms with Gasteiger partial charge < -0.3 is 5.32 Å². The third kappa shape index (κ3) is 6.57. The number of nitrogens with one attached hydrogen (secondary N) is 1. The van der Waals surface area contributed by atoms with Crippen molar-refractivity contribution in [3.63, 3.8) is 0 Å². The molecule has 1 aliphatic heterocycles. The van der Waals surface area contributed by atoms with Crippen molar-refractivity contribution in [2.45, 2.75) is 64.5 Å². The molecule has 2 aliphatic rings. The zero-order valence-electron chi connectivity index (χ0n) is 21.1. The molecular weight excluding hydrogens is 464 g/mol. The van der Waals surface area contributed by atoms with Gasteiger partial charge in [0.2, 0.25) is 5.91 Å². The van der Waals surface area contributed by atoms with Crippen LogP contribution in [0.25, 0.3) is 11.1 Å². The van der Waals surface area contributed by atoms with Gasteiger partial charge in [-0.15, -0.1) is 0 Å². The van der Waals surface area contributed by atoms with Crippen molar-refractivity contribution in [3.8, 4) is 11.1 Å². The Kier molecular flexibility index (Phi) is 8.09. The summed E-state index contributed by atoms with van der Waals surface area (Å²) < 4.78 is 0. The van der Waals surface area contributed by atoms with Gasteiger partial charge in [0.05, 0.1) is 0 Å². The van der Waals surface area contributed by atoms with Gasteiger partial charge in [0, 0.05) is 24.5 Å². The number of aryl methyl sites for hydroxylation is 1. The zero-order valence-corrected chi connectivity index (χ0v) is 21.9. The van der Waals surface area contributed by atoms with Crippen molar-refractivity contribution in [2.24, 2.45) is 5.41 Å². The van der Waals surface area contributed by atoms with Gasteiger partial charge in [-0.05, 0) is 90.6 Å². The molecule has 0 bridgehead atoms. The maximum absolute atomic E-state index is 12.4. The minimum absolute atomic E-state index is 0.0926. The fraction of sp³-hybridized carbons (Fsp3) is 0.406. The molecular formula is C32H37ClN2O. The van der Waals surface area contributed by atoms with E-state index in [9.17, 15) is 4.79 Å². The Morgan fingerprint density at radius 2 is 1.31 bits per heavy atom. The third-order valence-electron chi connectivity index (χ3n) is 8.27. The molecule has 3 nitrogen and oxygen atoms in total. The van der Waals surface area contributed by atoms with E-state index in [-0.39, 0.29) is 5.91 Å². The lowest BCUT2D eigenvalue weighted by molar-refractivity contribution is -0.121. The number of nitrogens with zero attached hydrogens (tertiary/aromatic N) is 1. The number of carbonyl (C=O) groups excluding carboxylic acids is 1. The molecule has 1 heterocycles. The summed E-state index contributed by atoms with van der Waals surface area (Å²) in [6, 6.07) is 25.0. The van der Waals surface area contributed by atoms with E-state index in [4.69, 9.17) is 11.6 Å². The first-order valence-electron chi connectivity index (χ1n) is 13.5. The lowest BCUT2D eigenvalue weighted by atomic mass is 9.77. The van der Waals surface area contributed by atoms with Crippen molar-refractivity contribution in [2.75, 3.05) is 13.1 Å². The fourth-order valence-corrected chi connectivity index (χ4v) is 6.01. The lowest BCUT2D eigenvalue weighted by Crippen LogP contribution is -2.38. The molecule has 0 atom stereocenters. The van der Waals surface area contributed by atoms with Gasteiger partial charge >= 0.3 is 0 Å². The number of rotatable bonds is 8. The molecule has 1 amide bonds. The Labute approximate surface area is 220 Å². The van der Waals surface area contributed by atoms with Crippen LogP contribution in [0.1, 0.15) is 61.6 Å². The molecule has 4 heteroatoms. The van der Waals surface area contributed by atoms with Crippen LogP contribution in [0, 0.1) is 5.41 Å². The van der Waals surface area contributed by atoms with Gasteiger partial charge in [0.1, 0.15) is 0 Å². The summed E-state index contributed by atoms with van der Waals surface area (Å²) in [5.41, 5.74) is 6.67. The number of benzene rings is 3. The summed E-state index contributed by atoms with van der Waals surface area (Å²) in [5.74, 6) is 0.0926. The summed E-state index contributed by atoms with van der Waals surface area (Å²) in [7, 11) is 0. The number of likely N-dealkylation sites (tertiary alicyclic amines) is 1. The molecule has 3 aromatic carbocycles. The first-order valence-corrected chi connectivity index (χ1v) is 13.9. The predicted molar refractivity (Wildman–Crippen MR) is 149 cm³/mol. The van der Waals surface area contributed by atoms with E-state index in [2.05, 4.69) is 58.7 Å². The molecule has 0 radical (unpaired) electrons. The first-order chi connectivity index (χ1) is 17.6. The SMILES string of the molecule is O=C(CCc1ccc(CN2CCC3(CCCC3)CC2)cc1)NCc1ccc(-c2ccc(Cl)cc2)cc1. The Morgan fingerprint density at radius 1 is 0.750 bits per heavy atom. The first kappa shape index (κ1) is 25.0. The summed E-state index contributed by atoms with van der Waals surface area (Å²) in [6.45, 7) is 4.08. The van der Waals surface area contributed by atoms with Gasteiger partial charge in [-0.2, -0.15) is 0 Å². The van der Waals surface area contributed by atoms with Crippen molar-refractivity contribution in [3.05, 3.63) is 94.5 Å². The fourth-order valence-electron chi connectivity index (χ4n) is 5.88. The monoisotopic (exact) mass is 500 g/mol. The highest BCUT2D eigenvalue weighted by Crippen LogP contribution is 2.46. The molecule has 0 aromatic heterocycles. The van der Waals surface area contributed by atoms with Gasteiger partial charge in [-0.3, -0.25) is 9.69 Å². The largest absolute Gasteiger partial charge is 0.352 e. The van der Waals surface area contributed by atoms with Gasteiger partial charge in [0.15, 0.2) is 0 Å². The van der Waals surface area contributed by atoms with Crippen molar-refractivity contribution < 1.29 is 4.79 Å². The maximum atomic E-state index is 12.4. The van der Waals surface area contributed by atoms with Crippen molar-refractivity contribution in [1.29, 1.82) is 0 Å². The summed E-state index contributed by atoms with van der Waals surface area (Å²) >= 11 is 5.98. The Bertz CT molecular complexity index is 1120. The van der Waals surface area contributed by atoms with E-state index >= 15 is 0 Å². The molecule has 0 unspecified atom stereocenters. The van der Waals surface area contributed by atoms with Crippen LogP contribution in [-0.2, 0) is 24.3 Å². The molecule has 36 heavy (non-hydrogen) atoms. The quantitative estimate of drug-likeness (QED) is 0.349. The number of amides is 1. The minimum Gasteiger partial charge on any atom is -0.352 e. The van der Waals surface area contributed by atoms with Gasteiger partial charge in [-0.1, -0.05) is 85.1 Å². The molecule has 1 saturated heterocycles. The highest BCUT2D eigenvalue weighted by atomic mass is 35.5. The van der Waals surface area contributed by atoms with Crippen LogP contribution in [0.2, 0.25) is 5.02 Å². The van der Waals surface area contributed by atoms with E-state index in [0.29, 0.717) is 18.4 Å². The molecule has 1 aliphatic carbocycles. The Hall–Kier alpha value is -2.62. The number of hydrogen-bond acceptors (Lipinski definition) is 2. The highest BCUT2D eigenvalue weighted by molar-refractivity contribution is 6.30. The minimum atomic E-state index is 0.0926. The van der Waals surface area contributed by atoms with E-state index in [1.807, 2.05) is 24.3 Å². The van der Waals surface area contributed by atoms with Crippen LogP contribution in [0.3, 0.4) is 0 Å². The second kappa shape index (κ2) is 11.6. The standard InChI is InChI=1S/C32H37ClN2O/c33-30-14-12-29(13-15-30)28-10-7-26(8-11-28)23-34-31(36)16-9-25-3-5-27(6-4-25)24-35-21-19-32(20-22-35)17-1-2-18-32/h3-8,10-15H,1-2,9,16-24H2,(H,34,36). The van der Waals surface area contributed by atoms with Crippen LogP contribution in [0.4, 0.5) is 0 Å². The molecule has 2 fully saturated rings. The van der Waals surface area contributed by atoms with Crippen LogP contribution < -0.4 is 5.32 Å². The van der Waals surface area contributed by atoms with E-state index in [1.165, 1.54) is 62.7 Å². The van der Waals surface area contributed by atoms with Crippen molar-refractivity contribution in [1.82, 2.24) is 10.2 Å². The lowest BCUT2D eigenvalue weighted by Gasteiger charge is -2.39. The molecule has 1 saturated carbocycles. The van der Waals surface area contributed by atoms with Crippen LogP contribution in [0.15, 0.2) is 72.8 Å². The molecule has 1 spiro atoms. The molecule has 3 aromatic rings. The van der Waals surface area contributed by atoms with Crippen LogP contribution >= 0.6 is 11.6 Å². The van der Waals surface area contributed by atoms with E-state index in [1.54, 1.807) is 0 Å². The van der Waals surface area contributed by atoms with Crippen molar-refractivity contribution >= 4 is 17.5 Å². The van der Waals surface area contributed by atoms with E-state index < -0.39 is 0 Å². The Balaban J connectivity index is 1.02. The second-order valence-corrected chi connectivity index (χ2v) is 11.2. The Morgan fingerprint density at radius 3 is 1.94 bits per heavy atom. The second-order valence-electron chi connectivity index (χ2n) is 10.8. The van der Waals surface area contributed by atoms with E-state index in [0.717, 1.165) is 34.7 Å². The zero-order chi connectivity index (χ0) is 24.8. The number of piperidine rings is 1. The van der Waals surface area contributed by atoms with Crippen LogP contribution in [-0.4, -0.2) is 23.9 Å². The van der Waals surface area contributed by atoms with Crippen LogP contribution in [0.5, 0.6) is 0 Å². The maximum Gasteiger partial charge on any atom is 0.220 e.